The maximum Gasteiger partial charge on any atom is 0.341 e. The highest BCUT2D eigenvalue weighted by molar-refractivity contribution is 7.19. The average molecular weight is 532 g/mol. The minimum atomic E-state index is -0.420. The number of benzene rings is 1. The minimum Gasteiger partial charge on any atom is -0.462 e. The normalized spacial score (nSPS) is 16.8. The summed E-state index contributed by atoms with van der Waals surface area (Å²) in [5, 5.41) is 3.46. The molecule has 1 fully saturated rings. The monoisotopic (exact) mass is 531 g/mol. The molecule has 1 aromatic carbocycles. The summed E-state index contributed by atoms with van der Waals surface area (Å²) in [7, 11) is 1.92. The zero-order valence-electron chi connectivity index (χ0n) is 21.4. The van der Waals surface area contributed by atoms with E-state index in [0.29, 0.717) is 31.3 Å². The van der Waals surface area contributed by atoms with E-state index < -0.39 is 5.97 Å². The molecule has 6 rings (SSSR count). The Kier molecular flexibility index (Phi) is 6.77. The number of morpholine rings is 1. The molecule has 1 N–H and O–H groups in total. The predicted octanol–water partition coefficient (Wildman–Crippen LogP) is 3.84. The number of carbonyl (C=O) groups is 1. The van der Waals surface area contributed by atoms with Crippen molar-refractivity contribution in [2.75, 3.05) is 55.0 Å². The van der Waals surface area contributed by atoms with E-state index in [1.54, 1.807) is 18.3 Å². The third-order valence-electron chi connectivity index (χ3n) is 6.79. The number of nitrogens with zero attached hydrogens (tertiary/aromatic N) is 6. The predicted molar refractivity (Wildman–Crippen MR) is 147 cm³/mol. The SMILES string of the molecule is CCOC(=O)c1cnc(N(C)Cc2cc3nc(N4CCOC(c5cccc6c5CCN6)C4)ncc3s2)nc1. The molecule has 10 nitrogen and oxygen atoms in total. The fourth-order valence-corrected chi connectivity index (χ4v) is 5.97. The van der Waals surface area contributed by atoms with Gasteiger partial charge in [-0.2, -0.15) is 0 Å². The first-order valence-electron chi connectivity index (χ1n) is 12.8. The highest BCUT2D eigenvalue weighted by Gasteiger charge is 2.27. The standard InChI is InChI=1S/C27H29N7O3S/c1-3-36-25(35)17-12-29-26(30-13-17)33(2)15-18-11-22-24(38-18)14-31-27(32-22)34-9-10-37-23(16-34)20-5-4-6-21-19(20)7-8-28-21/h4-6,11-14,23,28H,3,7-10,15-16H2,1-2H3. The number of rotatable bonds is 7. The Morgan fingerprint density at radius 1 is 1.26 bits per heavy atom. The largest absolute Gasteiger partial charge is 0.462 e. The molecule has 38 heavy (non-hydrogen) atoms. The van der Waals surface area contributed by atoms with Crippen LogP contribution in [0.5, 0.6) is 0 Å². The van der Waals surface area contributed by atoms with Crippen molar-refractivity contribution >= 4 is 45.1 Å². The molecule has 0 spiro atoms. The van der Waals surface area contributed by atoms with Gasteiger partial charge in [0.25, 0.3) is 0 Å². The van der Waals surface area contributed by atoms with Gasteiger partial charge in [0.05, 0.1) is 48.3 Å². The van der Waals surface area contributed by atoms with Gasteiger partial charge >= 0.3 is 5.97 Å². The van der Waals surface area contributed by atoms with E-state index >= 15 is 0 Å². The second-order valence-electron chi connectivity index (χ2n) is 9.34. The fraction of sp³-hybridized carbons (Fsp3) is 0.370. The van der Waals surface area contributed by atoms with Gasteiger partial charge in [0.1, 0.15) is 6.10 Å². The summed E-state index contributed by atoms with van der Waals surface area (Å²) in [6.07, 6.45) is 5.93. The zero-order chi connectivity index (χ0) is 26.1. The van der Waals surface area contributed by atoms with Gasteiger partial charge in [-0.25, -0.2) is 24.7 Å². The summed E-state index contributed by atoms with van der Waals surface area (Å²) in [5.41, 5.74) is 5.11. The number of aromatic nitrogens is 4. The Labute approximate surface area is 224 Å². The number of carbonyl (C=O) groups excluding carboxylic acids is 1. The van der Waals surface area contributed by atoms with Crippen LogP contribution < -0.4 is 15.1 Å². The highest BCUT2D eigenvalue weighted by Crippen LogP contribution is 2.34. The number of thiophene rings is 1. The lowest BCUT2D eigenvalue weighted by atomic mass is 9.99. The second kappa shape index (κ2) is 10.5. The first kappa shape index (κ1) is 24.5. The van der Waals surface area contributed by atoms with Crippen LogP contribution in [0.25, 0.3) is 10.2 Å². The average Bonchev–Trinajstić information content (AvgIpc) is 3.59. The molecule has 196 valence electrons. The lowest BCUT2D eigenvalue weighted by Gasteiger charge is -2.34. The number of fused-ring (bicyclic) bond motifs is 2. The van der Waals surface area contributed by atoms with Gasteiger partial charge in [0.2, 0.25) is 11.9 Å². The first-order chi connectivity index (χ1) is 18.6. The van der Waals surface area contributed by atoms with E-state index in [0.717, 1.165) is 47.1 Å². The molecule has 5 heterocycles. The molecular formula is C27H29N7O3S. The van der Waals surface area contributed by atoms with Crippen LogP contribution in [0.1, 0.15) is 39.4 Å². The van der Waals surface area contributed by atoms with E-state index in [1.165, 1.54) is 29.2 Å². The Hall–Kier alpha value is -3.83. The van der Waals surface area contributed by atoms with E-state index in [1.807, 2.05) is 18.1 Å². The molecule has 3 aromatic heterocycles. The van der Waals surface area contributed by atoms with Gasteiger partial charge in [-0.05, 0) is 36.6 Å². The number of anilines is 3. The molecule has 0 saturated carbocycles. The Morgan fingerprint density at radius 2 is 2.13 bits per heavy atom. The van der Waals surface area contributed by atoms with Crippen molar-refractivity contribution in [1.29, 1.82) is 0 Å². The number of ether oxygens (including phenoxy) is 2. The summed E-state index contributed by atoms with van der Waals surface area (Å²) >= 11 is 1.65. The summed E-state index contributed by atoms with van der Waals surface area (Å²) in [6.45, 7) is 5.79. The first-order valence-corrected chi connectivity index (χ1v) is 13.6. The van der Waals surface area contributed by atoms with Gasteiger partial charge in [-0.3, -0.25) is 0 Å². The van der Waals surface area contributed by atoms with E-state index in [2.05, 4.69) is 44.5 Å². The van der Waals surface area contributed by atoms with E-state index in [9.17, 15) is 4.79 Å². The lowest BCUT2D eigenvalue weighted by Crippen LogP contribution is -2.39. The van der Waals surface area contributed by atoms with Crippen molar-refractivity contribution in [3.63, 3.8) is 0 Å². The molecule has 0 bridgehead atoms. The summed E-state index contributed by atoms with van der Waals surface area (Å²) in [4.78, 5) is 35.4. The van der Waals surface area contributed by atoms with Crippen LogP contribution in [0.15, 0.2) is 42.9 Å². The molecule has 0 radical (unpaired) electrons. The van der Waals surface area contributed by atoms with Crippen LogP contribution in [0.4, 0.5) is 17.6 Å². The minimum absolute atomic E-state index is 0.000186. The number of hydrogen-bond donors (Lipinski definition) is 1. The van der Waals surface area contributed by atoms with E-state index in [-0.39, 0.29) is 6.10 Å². The topological polar surface area (TPSA) is 106 Å². The van der Waals surface area contributed by atoms with Gasteiger partial charge < -0.3 is 24.6 Å². The summed E-state index contributed by atoms with van der Waals surface area (Å²) in [6, 6.07) is 8.52. The van der Waals surface area contributed by atoms with Crippen LogP contribution >= 0.6 is 11.3 Å². The summed E-state index contributed by atoms with van der Waals surface area (Å²) < 4.78 is 12.2. The molecule has 1 saturated heterocycles. The van der Waals surface area contributed by atoms with Crippen molar-refractivity contribution in [3.05, 3.63) is 64.4 Å². The molecule has 2 aliphatic heterocycles. The van der Waals surface area contributed by atoms with Crippen molar-refractivity contribution in [3.8, 4) is 0 Å². The lowest BCUT2D eigenvalue weighted by molar-refractivity contribution is 0.0388. The molecule has 4 aromatic rings. The van der Waals surface area contributed by atoms with Crippen molar-refractivity contribution < 1.29 is 14.3 Å². The zero-order valence-corrected chi connectivity index (χ0v) is 22.2. The van der Waals surface area contributed by atoms with Crippen LogP contribution in [-0.4, -0.2) is 65.8 Å². The second-order valence-corrected chi connectivity index (χ2v) is 10.5. The van der Waals surface area contributed by atoms with Gasteiger partial charge in [0, 0.05) is 43.1 Å². The summed E-state index contributed by atoms with van der Waals surface area (Å²) in [5.74, 6) is 0.841. The third-order valence-corrected chi connectivity index (χ3v) is 7.84. The van der Waals surface area contributed by atoms with Crippen LogP contribution in [-0.2, 0) is 22.4 Å². The molecule has 1 atom stereocenters. The van der Waals surface area contributed by atoms with Crippen LogP contribution in [0.3, 0.4) is 0 Å². The smallest absolute Gasteiger partial charge is 0.341 e. The Balaban J connectivity index is 1.15. The van der Waals surface area contributed by atoms with Gasteiger partial charge in [0.15, 0.2) is 0 Å². The maximum atomic E-state index is 11.9. The molecule has 0 amide bonds. The molecule has 1 unspecified atom stereocenters. The number of esters is 1. The molecular weight excluding hydrogens is 502 g/mol. The Morgan fingerprint density at radius 3 is 2.97 bits per heavy atom. The maximum absolute atomic E-state index is 11.9. The molecule has 11 heteroatoms. The molecule has 2 aliphatic rings. The van der Waals surface area contributed by atoms with Crippen molar-refractivity contribution in [2.45, 2.75) is 26.0 Å². The van der Waals surface area contributed by atoms with Crippen molar-refractivity contribution in [2.24, 2.45) is 0 Å². The highest BCUT2D eigenvalue weighted by atomic mass is 32.1. The van der Waals surface area contributed by atoms with Crippen LogP contribution in [0.2, 0.25) is 0 Å². The van der Waals surface area contributed by atoms with Crippen molar-refractivity contribution in [1.82, 2.24) is 19.9 Å². The quantitative estimate of drug-likeness (QED) is 0.354. The number of hydrogen-bond acceptors (Lipinski definition) is 11. The van der Waals surface area contributed by atoms with E-state index in [4.69, 9.17) is 19.4 Å². The third kappa shape index (κ3) is 4.86. The fourth-order valence-electron chi connectivity index (χ4n) is 4.94. The van der Waals surface area contributed by atoms with Crippen LogP contribution in [0, 0.1) is 0 Å². The van der Waals surface area contributed by atoms with Gasteiger partial charge in [-0.15, -0.1) is 11.3 Å². The Bertz CT molecular complexity index is 1460. The number of nitrogens with one attached hydrogen (secondary N) is 1. The van der Waals surface area contributed by atoms with Gasteiger partial charge in [-0.1, -0.05) is 12.1 Å². The molecule has 0 aliphatic carbocycles.